The summed E-state index contributed by atoms with van der Waals surface area (Å²) in [7, 11) is -1.08. The number of hydrogen-bond acceptors (Lipinski definition) is 2. The molecule has 1 nitrogen and oxygen atoms in total. The number of nitrogens with zero attached hydrogens (tertiary/aromatic N) is 1. The van der Waals surface area contributed by atoms with E-state index in [2.05, 4.69) is 62.0 Å². The highest BCUT2D eigenvalue weighted by Crippen LogP contribution is 2.34. The molecule has 104 valence electrons. The number of benzene rings is 1. The maximum Gasteiger partial charge on any atom is 0.109 e. The molecule has 0 spiro atoms. The van der Waals surface area contributed by atoms with Crippen LogP contribution >= 0.6 is 11.2 Å². The Morgan fingerprint density at radius 2 is 1.79 bits per heavy atom. The molecule has 1 aromatic rings. The number of aliphatic imine (C=N–C) groups is 1. The second kappa shape index (κ2) is 6.27. The lowest BCUT2D eigenvalue weighted by Crippen LogP contribution is -2.29. The molecule has 1 aromatic carbocycles. The third-order valence-electron chi connectivity index (χ3n) is 3.32. The third kappa shape index (κ3) is 4.81. The van der Waals surface area contributed by atoms with Gasteiger partial charge in [-0.15, -0.1) is 0 Å². The summed E-state index contributed by atoms with van der Waals surface area (Å²) < 4.78 is 0. The van der Waals surface area contributed by atoms with Crippen molar-refractivity contribution in [1.29, 1.82) is 0 Å². The van der Waals surface area contributed by atoms with Gasteiger partial charge in [0.15, 0.2) is 0 Å². The summed E-state index contributed by atoms with van der Waals surface area (Å²) in [6.45, 7) is 9.45. The molecule has 1 atom stereocenters. The van der Waals surface area contributed by atoms with Crippen LogP contribution in [0.25, 0.3) is 0 Å². The van der Waals surface area contributed by atoms with Crippen LogP contribution in [-0.2, 0) is 0 Å². The van der Waals surface area contributed by atoms with E-state index < -0.39 is 7.22 Å². The molecule has 1 unspecified atom stereocenters. The highest BCUT2D eigenvalue weighted by molar-refractivity contribution is 8.29. The van der Waals surface area contributed by atoms with E-state index in [1.54, 1.807) is 0 Å². The first-order valence-electron chi connectivity index (χ1n) is 7.26. The van der Waals surface area contributed by atoms with Gasteiger partial charge in [0.2, 0.25) is 0 Å². The average Bonchev–Trinajstić information content (AvgIpc) is 2.33. The van der Waals surface area contributed by atoms with Gasteiger partial charge in [-0.3, -0.25) is 4.99 Å². The highest BCUT2D eigenvalue weighted by atomic mass is 32.4. The fourth-order valence-corrected chi connectivity index (χ4v) is 7.20. The van der Waals surface area contributed by atoms with E-state index in [1.165, 1.54) is 37.0 Å². The minimum atomic E-state index is -1.08. The minimum absolute atomic E-state index is 0.668. The topological polar surface area (TPSA) is 12.4 Å². The van der Waals surface area contributed by atoms with Crippen LogP contribution in [0.4, 0.5) is 5.69 Å². The van der Waals surface area contributed by atoms with Crippen molar-refractivity contribution in [2.75, 3.05) is 0 Å². The number of rotatable bonds is 3. The largest absolute Gasteiger partial charge is 0.257 e. The van der Waals surface area contributed by atoms with Crippen LogP contribution < -0.4 is 0 Å². The monoisotopic (exact) mass is 291 g/mol. The van der Waals surface area contributed by atoms with Crippen LogP contribution in [0.15, 0.2) is 29.3 Å². The maximum absolute atomic E-state index is 4.94. The Morgan fingerprint density at radius 1 is 1.11 bits per heavy atom. The van der Waals surface area contributed by atoms with Crippen molar-refractivity contribution in [2.45, 2.75) is 57.5 Å². The van der Waals surface area contributed by atoms with E-state index in [9.17, 15) is 0 Å². The lowest BCUT2D eigenvalue weighted by Gasteiger charge is -2.29. The molecular formula is C16H25NSSi. The standard InChI is InChI=1S/C16H25NSSi/c1-13-9-11-14(12-10-13)17-15-7-5-6-8-16(15)18-19(2,3)4/h9-12,16H,5-8H2,1-4H3. The Kier molecular flexibility index (Phi) is 4.90. The van der Waals surface area contributed by atoms with E-state index in [4.69, 9.17) is 4.99 Å². The molecular weight excluding hydrogens is 266 g/mol. The molecule has 3 heteroatoms. The fraction of sp³-hybridized carbons (Fsp3) is 0.562. The van der Waals surface area contributed by atoms with Crippen molar-refractivity contribution in [2.24, 2.45) is 4.99 Å². The van der Waals surface area contributed by atoms with Crippen LogP contribution in [0.1, 0.15) is 31.2 Å². The Labute approximate surface area is 122 Å². The molecule has 19 heavy (non-hydrogen) atoms. The van der Waals surface area contributed by atoms with Crippen LogP contribution in [0.5, 0.6) is 0 Å². The quantitative estimate of drug-likeness (QED) is 0.662. The first-order valence-corrected chi connectivity index (χ1v) is 12.4. The summed E-state index contributed by atoms with van der Waals surface area (Å²) in [6.07, 6.45) is 5.19. The summed E-state index contributed by atoms with van der Waals surface area (Å²) in [5.41, 5.74) is 3.87. The van der Waals surface area contributed by atoms with Gasteiger partial charge in [0.05, 0.1) is 5.69 Å². The molecule has 1 fully saturated rings. The minimum Gasteiger partial charge on any atom is -0.257 e. The van der Waals surface area contributed by atoms with Crippen LogP contribution in [-0.4, -0.2) is 18.2 Å². The van der Waals surface area contributed by atoms with Gasteiger partial charge in [0.25, 0.3) is 0 Å². The molecule has 0 amide bonds. The maximum atomic E-state index is 4.94. The number of aryl methyl sites for hydroxylation is 1. The van der Waals surface area contributed by atoms with Crippen LogP contribution in [0.3, 0.4) is 0 Å². The molecule has 0 N–H and O–H groups in total. The van der Waals surface area contributed by atoms with Crippen molar-refractivity contribution in [3.63, 3.8) is 0 Å². The predicted octanol–water partition coefficient (Wildman–Crippen LogP) is 5.58. The predicted molar refractivity (Wildman–Crippen MR) is 91.5 cm³/mol. The molecule has 1 aliphatic rings. The molecule has 2 rings (SSSR count). The van der Waals surface area contributed by atoms with E-state index in [1.807, 2.05) is 0 Å². The Balaban J connectivity index is 2.16. The molecule has 0 aliphatic heterocycles. The summed E-state index contributed by atoms with van der Waals surface area (Å²) in [5, 5.41) is 0.668. The van der Waals surface area contributed by atoms with Crippen molar-refractivity contribution in [3.8, 4) is 0 Å². The smallest absolute Gasteiger partial charge is 0.109 e. The molecule has 0 aromatic heterocycles. The molecule has 1 saturated carbocycles. The third-order valence-corrected chi connectivity index (χ3v) is 7.80. The van der Waals surface area contributed by atoms with Gasteiger partial charge in [0.1, 0.15) is 7.22 Å². The van der Waals surface area contributed by atoms with Gasteiger partial charge in [-0.2, -0.15) is 11.2 Å². The normalized spacial score (nSPS) is 22.7. The summed E-state index contributed by atoms with van der Waals surface area (Å²) in [4.78, 5) is 4.94. The molecule has 0 radical (unpaired) electrons. The van der Waals surface area contributed by atoms with Crippen molar-refractivity contribution >= 4 is 29.8 Å². The molecule has 1 aliphatic carbocycles. The average molecular weight is 292 g/mol. The van der Waals surface area contributed by atoms with Gasteiger partial charge >= 0.3 is 0 Å². The SMILES string of the molecule is Cc1ccc(N=C2CCCCC2S[Si](C)(C)C)cc1. The zero-order valence-electron chi connectivity index (χ0n) is 12.6. The van der Waals surface area contributed by atoms with Crippen molar-refractivity contribution in [3.05, 3.63) is 29.8 Å². The van der Waals surface area contributed by atoms with Gasteiger partial charge < -0.3 is 0 Å². The Morgan fingerprint density at radius 3 is 2.42 bits per heavy atom. The van der Waals surface area contributed by atoms with E-state index in [0.717, 1.165) is 5.69 Å². The first-order chi connectivity index (χ1) is 8.94. The second-order valence-corrected chi connectivity index (χ2v) is 15.8. The summed E-state index contributed by atoms with van der Waals surface area (Å²) in [5.74, 6) is 0. The molecule has 0 heterocycles. The van der Waals surface area contributed by atoms with Gasteiger partial charge in [0, 0.05) is 11.0 Å². The Hall–Kier alpha value is -0.543. The lowest BCUT2D eigenvalue weighted by molar-refractivity contribution is 0.676. The van der Waals surface area contributed by atoms with Crippen LogP contribution in [0, 0.1) is 6.92 Å². The molecule has 0 bridgehead atoms. The fourth-order valence-electron chi connectivity index (χ4n) is 2.43. The van der Waals surface area contributed by atoms with Gasteiger partial charge in [-0.25, -0.2) is 0 Å². The number of hydrogen-bond donors (Lipinski definition) is 0. The van der Waals surface area contributed by atoms with Gasteiger partial charge in [-0.05, 0) is 38.3 Å². The van der Waals surface area contributed by atoms with Gasteiger partial charge in [-0.1, -0.05) is 43.8 Å². The van der Waals surface area contributed by atoms with E-state index in [-0.39, 0.29) is 0 Å². The van der Waals surface area contributed by atoms with E-state index >= 15 is 0 Å². The van der Waals surface area contributed by atoms with Crippen LogP contribution in [0.2, 0.25) is 19.6 Å². The Bertz CT molecular complexity index is 445. The van der Waals surface area contributed by atoms with Crippen molar-refractivity contribution < 1.29 is 0 Å². The first kappa shape index (κ1) is 14.9. The zero-order valence-corrected chi connectivity index (χ0v) is 14.4. The zero-order chi connectivity index (χ0) is 13.9. The highest BCUT2D eigenvalue weighted by Gasteiger charge is 2.27. The summed E-state index contributed by atoms with van der Waals surface area (Å²) in [6, 6.07) is 8.60. The second-order valence-electron chi connectivity index (χ2n) is 6.40. The summed E-state index contributed by atoms with van der Waals surface area (Å²) >= 11 is 2.22. The lowest BCUT2D eigenvalue weighted by atomic mass is 9.98. The van der Waals surface area contributed by atoms with E-state index in [0.29, 0.717) is 5.25 Å². The molecule has 0 saturated heterocycles. The van der Waals surface area contributed by atoms with Crippen molar-refractivity contribution in [1.82, 2.24) is 0 Å².